The lowest BCUT2D eigenvalue weighted by atomic mass is 9.93. The Morgan fingerprint density at radius 2 is 0.246 bits per heavy atom. The van der Waals surface area contributed by atoms with Gasteiger partial charge in [0.2, 0.25) is 0 Å². The van der Waals surface area contributed by atoms with Crippen LogP contribution in [0.1, 0.15) is 0 Å². The van der Waals surface area contributed by atoms with Crippen molar-refractivity contribution >= 4 is 87.2 Å². The smallest absolute Gasteiger partial charge is 0.0541 e. The van der Waals surface area contributed by atoms with E-state index in [1.165, 1.54) is 210 Å². The number of hydrogen-bond acceptors (Lipinski definition) is 0. The standard InChI is InChI=1S/C78H52N2.C48H32N2/c1-6-20-53(21-7-1)60-36-39-77-73(50-60)74-52-62(38-41-78(74)80(77)70-33-19-31-59(49-70)68-46-65(56-26-12-4-13-27-56)43-66(47-68)57-28-14-5-15-29-57)61-37-40-76-72(51-61)71-34-16-17-35-75(71)79(76)69-32-18-30-58(48-69)67-44-63(54-22-8-2-9-23-54)42-64(45-67)55-24-10-3-11-25-55;1-4-13-33(14-5-1)35-17-12-20-40(29-35)50-47-26-23-36(34-15-6-2-7-16-34)30-43(47)44-32-38(25-28-48(44)50)37-24-27-46-42(31-37)41-21-10-11-22-45(41)49(46)39-18-8-3-9-19-39/h1-52H;1-32H. The zero-order valence-electron chi connectivity index (χ0n) is 71.3. The van der Waals surface area contributed by atoms with E-state index in [0.29, 0.717) is 0 Å². The first-order chi connectivity index (χ1) is 64.4. The zero-order chi connectivity index (χ0) is 86.0. The topological polar surface area (TPSA) is 19.7 Å². The maximum Gasteiger partial charge on any atom is 0.0541 e. The number of para-hydroxylation sites is 3. The largest absolute Gasteiger partial charge is 0.309 e. The molecule has 4 heteroatoms. The van der Waals surface area contributed by atoms with Crippen LogP contribution in [-0.2, 0) is 0 Å². The predicted octanol–water partition coefficient (Wildman–Crippen LogP) is 34.1. The Hall–Kier alpha value is -17.2. The highest BCUT2D eigenvalue weighted by atomic mass is 15.0. The molecular formula is C126H84N4. The molecule has 130 heavy (non-hydrogen) atoms. The molecule has 25 rings (SSSR count). The fourth-order valence-electron chi connectivity index (χ4n) is 19.9. The first-order valence-corrected chi connectivity index (χ1v) is 44.7. The number of rotatable bonds is 15. The average Bonchev–Trinajstić information content (AvgIpc) is 1.59. The number of aromatic nitrogens is 4. The maximum atomic E-state index is 2.46. The Morgan fingerprint density at radius 3 is 0.508 bits per heavy atom. The second kappa shape index (κ2) is 32.7. The van der Waals surface area contributed by atoms with E-state index in [2.05, 4.69) is 528 Å². The third-order valence-corrected chi connectivity index (χ3v) is 26.2. The quantitative estimate of drug-likeness (QED) is 0.0975. The molecular weight excluding hydrogens is 1570 g/mol. The molecule has 4 nitrogen and oxygen atoms in total. The molecule has 0 amide bonds. The molecule has 0 N–H and O–H groups in total. The van der Waals surface area contributed by atoms with Crippen molar-refractivity contribution in [1.82, 2.24) is 18.3 Å². The summed E-state index contributed by atoms with van der Waals surface area (Å²) in [5.41, 5.74) is 40.4. The molecule has 0 aliphatic rings. The van der Waals surface area contributed by atoms with E-state index in [1.807, 2.05) is 0 Å². The van der Waals surface area contributed by atoms with E-state index in [4.69, 9.17) is 0 Å². The van der Waals surface area contributed by atoms with Crippen molar-refractivity contribution in [3.05, 3.63) is 510 Å². The van der Waals surface area contributed by atoms with E-state index in [9.17, 15) is 0 Å². The Bertz CT molecular complexity index is 8490. The van der Waals surface area contributed by atoms with E-state index in [0.717, 1.165) is 22.6 Å². The molecule has 608 valence electrons. The Kier molecular flexibility index (Phi) is 19.3. The number of benzene rings is 21. The van der Waals surface area contributed by atoms with Crippen molar-refractivity contribution in [1.29, 1.82) is 0 Å². The lowest BCUT2D eigenvalue weighted by Gasteiger charge is -2.14. The molecule has 0 bridgehead atoms. The summed E-state index contributed by atoms with van der Waals surface area (Å²) in [6.07, 6.45) is 0. The highest BCUT2D eigenvalue weighted by Crippen LogP contribution is 2.46. The highest BCUT2D eigenvalue weighted by molar-refractivity contribution is 6.16. The lowest BCUT2D eigenvalue weighted by Crippen LogP contribution is -1.95. The van der Waals surface area contributed by atoms with E-state index >= 15 is 0 Å². The normalized spacial score (nSPS) is 11.5. The molecule has 0 spiro atoms. The molecule has 0 aliphatic carbocycles. The summed E-state index contributed by atoms with van der Waals surface area (Å²) < 4.78 is 9.69. The Labute approximate surface area is 754 Å². The van der Waals surface area contributed by atoms with Gasteiger partial charge in [-0.2, -0.15) is 0 Å². The summed E-state index contributed by atoms with van der Waals surface area (Å²) in [7, 11) is 0. The molecule has 0 aliphatic heterocycles. The first-order valence-electron chi connectivity index (χ1n) is 44.7. The van der Waals surface area contributed by atoms with Gasteiger partial charge in [0.05, 0.1) is 44.1 Å². The molecule has 21 aromatic carbocycles. The van der Waals surface area contributed by atoms with Crippen LogP contribution >= 0.6 is 0 Å². The van der Waals surface area contributed by atoms with Crippen molar-refractivity contribution in [3.8, 4) is 145 Å². The summed E-state index contributed by atoms with van der Waals surface area (Å²) >= 11 is 0. The van der Waals surface area contributed by atoms with Crippen LogP contribution in [-0.4, -0.2) is 18.3 Å². The SMILES string of the molecule is c1ccc(-c2cc(-c3ccccc3)cc(-c3cccc(-n4c5ccccc5c5cc(-c6ccc7c(c6)c6cc(-c8ccccc8)ccc6n7-c6cccc(-c7cc(-c8ccccc8)cc(-c8ccccc8)c7)c6)ccc54)c3)c2)cc1.c1ccc(-c2cccc(-n3c4ccc(-c5ccccc5)cc4c4cc(-c5ccc6c(c5)c5ccccc5n6-c5ccccc5)ccc43)c2)cc1. The molecule has 0 radical (unpaired) electrons. The minimum atomic E-state index is 1.12. The maximum absolute atomic E-state index is 2.46. The molecule has 4 heterocycles. The van der Waals surface area contributed by atoms with Gasteiger partial charge in [-0.25, -0.2) is 0 Å². The molecule has 0 saturated carbocycles. The van der Waals surface area contributed by atoms with Gasteiger partial charge in [0, 0.05) is 65.8 Å². The predicted molar refractivity (Wildman–Crippen MR) is 550 cm³/mol. The van der Waals surface area contributed by atoms with Gasteiger partial charge in [0.1, 0.15) is 0 Å². The fourth-order valence-corrected chi connectivity index (χ4v) is 19.9. The van der Waals surface area contributed by atoms with Crippen molar-refractivity contribution in [2.45, 2.75) is 0 Å². The second-order valence-electron chi connectivity index (χ2n) is 33.9. The highest BCUT2D eigenvalue weighted by Gasteiger charge is 2.23. The van der Waals surface area contributed by atoms with Gasteiger partial charge >= 0.3 is 0 Å². The van der Waals surface area contributed by atoms with Gasteiger partial charge in [-0.05, 0) is 292 Å². The first kappa shape index (κ1) is 76.5. The second-order valence-corrected chi connectivity index (χ2v) is 33.9. The van der Waals surface area contributed by atoms with Gasteiger partial charge in [0.25, 0.3) is 0 Å². The summed E-state index contributed by atoms with van der Waals surface area (Å²) in [5, 5.41) is 9.88. The van der Waals surface area contributed by atoms with Gasteiger partial charge in [-0.3, -0.25) is 0 Å². The van der Waals surface area contributed by atoms with Crippen LogP contribution in [0, 0.1) is 0 Å². The van der Waals surface area contributed by atoms with Crippen LogP contribution in [0.4, 0.5) is 0 Å². The Balaban J connectivity index is 0.000000160. The Morgan fingerprint density at radius 1 is 0.0846 bits per heavy atom. The summed E-state index contributed by atoms with van der Waals surface area (Å²) in [6, 6.07) is 186. The number of nitrogens with zero attached hydrogens (tertiary/aromatic N) is 4. The van der Waals surface area contributed by atoms with Crippen molar-refractivity contribution < 1.29 is 0 Å². The molecule has 4 aromatic heterocycles. The lowest BCUT2D eigenvalue weighted by molar-refractivity contribution is 1.18. The molecule has 0 unspecified atom stereocenters. The number of hydrogen-bond donors (Lipinski definition) is 0. The van der Waals surface area contributed by atoms with Gasteiger partial charge in [-0.1, -0.05) is 340 Å². The zero-order valence-corrected chi connectivity index (χ0v) is 71.3. The minimum absolute atomic E-state index is 1.12. The minimum Gasteiger partial charge on any atom is -0.309 e. The van der Waals surface area contributed by atoms with Crippen LogP contribution in [0.2, 0.25) is 0 Å². The van der Waals surface area contributed by atoms with E-state index in [-0.39, 0.29) is 0 Å². The molecule has 0 atom stereocenters. The van der Waals surface area contributed by atoms with Crippen molar-refractivity contribution in [2.24, 2.45) is 0 Å². The monoisotopic (exact) mass is 1650 g/mol. The summed E-state index contributed by atoms with van der Waals surface area (Å²) in [6.45, 7) is 0. The van der Waals surface area contributed by atoms with Gasteiger partial charge in [0.15, 0.2) is 0 Å². The van der Waals surface area contributed by atoms with E-state index < -0.39 is 0 Å². The van der Waals surface area contributed by atoms with Gasteiger partial charge < -0.3 is 18.3 Å². The van der Waals surface area contributed by atoms with Crippen LogP contribution in [0.5, 0.6) is 0 Å². The third kappa shape index (κ3) is 14.0. The third-order valence-electron chi connectivity index (χ3n) is 26.2. The number of fused-ring (bicyclic) bond motifs is 12. The molecule has 25 aromatic rings. The van der Waals surface area contributed by atoms with Crippen molar-refractivity contribution in [3.63, 3.8) is 0 Å². The fraction of sp³-hybridized carbons (Fsp3) is 0. The van der Waals surface area contributed by atoms with Gasteiger partial charge in [-0.15, -0.1) is 0 Å². The van der Waals surface area contributed by atoms with Crippen LogP contribution in [0.25, 0.3) is 232 Å². The van der Waals surface area contributed by atoms with Crippen LogP contribution in [0.3, 0.4) is 0 Å². The molecule has 0 saturated heterocycles. The van der Waals surface area contributed by atoms with E-state index in [1.54, 1.807) is 0 Å². The summed E-state index contributed by atoms with van der Waals surface area (Å²) in [4.78, 5) is 0. The average molecular weight is 1650 g/mol. The molecule has 0 fully saturated rings. The van der Waals surface area contributed by atoms with Crippen molar-refractivity contribution in [2.75, 3.05) is 0 Å². The van der Waals surface area contributed by atoms with Crippen LogP contribution < -0.4 is 0 Å². The van der Waals surface area contributed by atoms with Crippen LogP contribution in [0.15, 0.2) is 510 Å². The summed E-state index contributed by atoms with van der Waals surface area (Å²) in [5.74, 6) is 0.